The van der Waals surface area contributed by atoms with Crippen LogP contribution in [0.4, 0.5) is 13.2 Å². The molecule has 0 bridgehead atoms. The van der Waals surface area contributed by atoms with Gasteiger partial charge in [0.2, 0.25) is 0 Å². The minimum Gasteiger partial charge on any atom is -0.507 e. The van der Waals surface area contributed by atoms with Gasteiger partial charge in [0.25, 0.3) is 0 Å². The monoisotopic (exact) mass is 344 g/mol. The van der Waals surface area contributed by atoms with Crippen molar-refractivity contribution >= 4 is 16.9 Å². The highest BCUT2D eigenvalue weighted by Crippen LogP contribution is 2.40. The summed E-state index contributed by atoms with van der Waals surface area (Å²) >= 11 is 0. The van der Waals surface area contributed by atoms with E-state index in [1.807, 2.05) is 0 Å². The Bertz CT molecular complexity index is 779. The van der Waals surface area contributed by atoms with Crippen LogP contribution in [0.15, 0.2) is 12.1 Å². The van der Waals surface area contributed by atoms with E-state index >= 15 is 0 Å². The number of alkyl halides is 3. The number of carbonyl (C=O) groups excluding carboxylic acids is 1. The number of aromatic hydroxyl groups is 1. The van der Waals surface area contributed by atoms with Crippen LogP contribution < -0.4 is 0 Å². The molecule has 132 valence electrons. The lowest BCUT2D eigenvalue weighted by atomic mass is 10.1. The van der Waals surface area contributed by atoms with E-state index in [-0.39, 0.29) is 23.1 Å². The molecule has 0 amide bonds. The van der Waals surface area contributed by atoms with Crippen molar-refractivity contribution in [3.63, 3.8) is 0 Å². The molecule has 24 heavy (non-hydrogen) atoms. The predicted octanol–water partition coefficient (Wildman–Crippen LogP) is 3.14. The standard InChI is InChI=1S/C16H19F3N2O3/c1-5-24-15(23)14-9-6-13(22)10(16(17,18)19)7-11(9)21(4)12(14)8-20(2)3/h6-7,22H,5,8H2,1-4H3. The Morgan fingerprint density at radius 2 is 1.96 bits per heavy atom. The molecule has 0 radical (unpaired) electrons. The summed E-state index contributed by atoms with van der Waals surface area (Å²) in [5.41, 5.74) is -0.235. The third-order valence-electron chi connectivity index (χ3n) is 3.69. The fourth-order valence-electron chi connectivity index (χ4n) is 2.67. The van der Waals surface area contributed by atoms with Gasteiger partial charge in [0.15, 0.2) is 0 Å². The van der Waals surface area contributed by atoms with Gasteiger partial charge < -0.3 is 19.3 Å². The van der Waals surface area contributed by atoms with Gasteiger partial charge in [-0.05, 0) is 33.2 Å². The summed E-state index contributed by atoms with van der Waals surface area (Å²) in [5.74, 6) is -1.54. The molecule has 1 aromatic heterocycles. The van der Waals surface area contributed by atoms with E-state index in [0.29, 0.717) is 12.2 Å². The molecule has 0 aliphatic rings. The molecular weight excluding hydrogens is 325 g/mol. The van der Waals surface area contributed by atoms with E-state index in [0.717, 1.165) is 12.1 Å². The summed E-state index contributed by atoms with van der Waals surface area (Å²) in [7, 11) is 5.15. The van der Waals surface area contributed by atoms with Crippen molar-refractivity contribution < 1.29 is 27.8 Å². The number of phenols is 1. The van der Waals surface area contributed by atoms with Crippen molar-refractivity contribution in [1.29, 1.82) is 0 Å². The van der Waals surface area contributed by atoms with E-state index in [4.69, 9.17) is 4.74 Å². The van der Waals surface area contributed by atoms with E-state index in [1.165, 1.54) is 4.57 Å². The fourth-order valence-corrected chi connectivity index (χ4v) is 2.67. The number of benzene rings is 1. The lowest BCUT2D eigenvalue weighted by Crippen LogP contribution is -2.17. The first-order chi connectivity index (χ1) is 11.1. The number of halogens is 3. The van der Waals surface area contributed by atoms with Crippen molar-refractivity contribution in [3.05, 3.63) is 29.0 Å². The van der Waals surface area contributed by atoms with Crippen molar-refractivity contribution in [2.75, 3.05) is 20.7 Å². The number of phenolic OH excluding ortho intramolecular Hbond substituents is 1. The first-order valence-corrected chi connectivity index (χ1v) is 7.31. The van der Waals surface area contributed by atoms with Gasteiger partial charge in [-0.3, -0.25) is 0 Å². The second kappa shape index (κ2) is 6.35. The average molecular weight is 344 g/mol. The Labute approximate surface area is 137 Å². The minimum atomic E-state index is -4.69. The normalized spacial score (nSPS) is 12.2. The SMILES string of the molecule is CCOC(=O)c1c(CN(C)C)n(C)c2cc(C(F)(F)F)c(O)cc12. The summed E-state index contributed by atoms with van der Waals surface area (Å²) in [6.07, 6.45) is -4.69. The van der Waals surface area contributed by atoms with Gasteiger partial charge in [0.1, 0.15) is 5.75 Å². The first-order valence-electron chi connectivity index (χ1n) is 7.31. The van der Waals surface area contributed by atoms with E-state index in [1.54, 1.807) is 33.0 Å². The number of hydrogen-bond donors (Lipinski definition) is 1. The van der Waals surface area contributed by atoms with E-state index in [9.17, 15) is 23.1 Å². The van der Waals surface area contributed by atoms with Crippen LogP contribution in [-0.2, 0) is 24.5 Å². The molecule has 0 spiro atoms. The molecule has 0 atom stereocenters. The Kier molecular flexibility index (Phi) is 4.80. The van der Waals surface area contributed by atoms with Crippen LogP contribution in [-0.4, -0.2) is 41.2 Å². The molecular formula is C16H19F3N2O3. The van der Waals surface area contributed by atoms with Gasteiger partial charge in [-0.1, -0.05) is 0 Å². The summed E-state index contributed by atoms with van der Waals surface area (Å²) in [4.78, 5) is 14.1. The molecule has 2 aromatic rings. The molecule has 0 aliphatic heterocycles. The van der Waals surface area contributed by atoms with Gasteiger partial charge in [-0.25, -0.2) is 4.79 Å². The Morgan fingerprint density at radius 3 is 2.46 bits per heavy atom. The second-order valence-electron chi connectivity index (χ2n) is 5.72. The molecule has 1 N–H and O–H groups in total. The molecule has 2 rings (SSSR count). The van der Waals surface area contributed by atoms with Crippen LogP contribution in [0.2, 0.25) is 0 Å². The van der Waals surface area contributed by atoms with E-state index in [2.05, 4.69) is 0 Å². The van der Waals surface area contributed by atoms with Gasteiger partial charge in [-0.2, -0.15) is 13.2 Å². The minimum absolute atomic E-state index is 0.142. The molecule has 0 unspecified atom stereocenters. The maximum atomic E-state index is 13.0. The van der Waals surface area contributed by atoms with Crippen LogP contribution in [0.3, 0.4) is 0 Å². The Hall–Kier alpha value is -2.22. The van der Waals surface area contributed by atoms with Gasteiger partial charge >= 0.3 is 12.1 Å². The zero-order chi connectivity index (χ0) is 18.2. The summed E-state index contributed by atoms with van der Waals surface area (Å²) in [6.45, 7) is 2.12. The summed E-state index contributed by atoms with van der Waals surface area (Å²) in [5, 5.41) is 10.0. The van der Waals surface area contributed by atoms with Crippen LogP contribution in [0.5, 0.6) is 5.75 Å². The summed E-state index contributed by atoms with van der Waals surface area (Å²) in [6, 6.07) is 1.83. The van der Waals surface area contributed by atoms with Crippen LogP contribution >= 0.6 is 0 Å². The van der Waals surface area contributed by atoms with Crippen molar-refractivity contribution in [2.24, 2.45) is 7.05 Å². The fraction of sp³-hybridized carbons (Fsp3) is 0.438. The Balaban J connectivity index is 2.81. The number of carbonyl (C=O) groups is 1. The zero-order valence-corrected chi connectivity index (χ0v) is 13.9. The number of rotatable bonds is 4. The maximum absolute atomic E-state index is 13.0. The highest BCUT2D eigenvalue weighted by atomic mass is 19.4. The van der Waals surface area contributed by atoms with Gasteiger partial charge in [-0.15, -0.1) is 0 Å². The maximum Gasteiger partial charge on any atom is 0.420 e. The third-order valence-corrected chi connectivity index (χ3v) is 3.69. The zero-order valence-electron chi connectivity index (χ0n) is 13.9. The third kappa shape index (κ3) is 3.19. The Morgan fingerprint density at radius 1 is 1.33 bits per heavy atom. The van der Waals surface area contributed by atoms with E-state index < -0.39 is 23.5 Å². The topological polar surface area (TPSA) is 54.7 Å². The molecule has 0 fully saturated rings. The molecule has 1 heterocycles. The number of aromatic nitrogens is 1. The largest absolute Gasteiger partial charge is 0.507 e. The molecule has 1 aromatic carbocycles. The lowest BCUT2D eigenvalue weighted by Gasteiger charge is -2.13. The summed E-state index contributed by atoms with van der Waals surface area (Å²) < 4.78 is 45.7. The van der Waals surface area contributed by atoms with Gasteiger partial charge in [0, 0.05) is 30.2 Å². The smallest absolute Gasteiger partial charge is 0.420 e. The van der Waals surface area contributed by atoms with Crippen molar-refractivity contribution in [1.82, 2.24) is 9.47 Å². The van der Waals surface area contributed by atoms with Gasteiger partial charge in [0.05, 0.1) is 17.7 Å². The van der Waals surface area contributed by atoms with Crippen molar-refractivity contribution in [2.45, 2.75) is 19.6 Å². The highest BCUT2D eigenvalue weighted by Gasteiger charge is 2.35. The quantitative estimate of drug-likeness (QED) is 0.866. The number of nitrogens with zero attached hydrogens (tertiary/aromatic N) is 2. The van der Waals surface area contributed by atoms with Crippen LogP contribution in [0.25, 0.3) is 10.9 Å². The number of aryl methyl sites for hydroxylation is 1. The molecule has 5 nitrogen and oxygen atoms in total. The average Bonchev–Trinajstić information content (AvgIpc) is 2.69. The van der Waals surface area contributed by atoms with Crippen LogP contribution in [0, 0.1) is 0 Å². The highest BCUT2D eigenvalue weighted by molar-refractivity contribution is 6.06. The van der Waals surface area contributed by atoms with Crippen LogP contribution in [0.1, 0.15) is 28.5 Å². The molecule has 0 saturated heterocycles. The van der Waals surface area contributed by atoms with Crippen molar-refractivity contribution in [3.8, 4) is 5.75 Å². The predicted molar refractivity (Wildman–Crippen MR) is 82.9 cm³/mol. The number of hydrogen-bond acceptors (Lipinski definition) is 4. The number of esters is 1. The number of ether oxygens (including phenoxy) is 1. The molecule has 8 heteroatoms. The number of fused-ring (bicyclic) bond motifs is 1. The molecule has 0 saturated carbocycles. The lowest BCUT2D eigenvalue weighted by molar-refractivity contribution is -0.138. The molecule has 0 aliphatic carbocycles. The first kappa shape index (κ1) is 18.1. The second-order valence-corrected chi connectivity index (χ2v) is 5.72.